The molecule has 3 fully saturated rings. The van der Waals surface area contributed by atoms with Crippen LogP contribution < -0.4 is 0 Å². The molecule has 9 nitrogen and oxygen atoms in total. The summed E-state index contributed by atoms with van der Waals surface area (Å²) >= 11 is 0. The lowest BCUT2D eigenvalue weighted by Crippen LogP contribution is -2.67. The summed E-state index contributed by atoms with van der Waals surface area (Å²) in [6, 6.07) is 0. The monoisotopic (exact) mass is 440 g/mol. The molecule has 2 heterocycles. The highest BCUT2D eigenvalue weighted by molar-refractivity contribution is 5.71. The van der Waals surface area contributed by atoms with Gasteiger partial charge < -0.3 is 34.3 Å². The van der Waals surface area contributed by atoms with E-state index in [4.69, 9.17) is 18.9 Å². The third-order valence-corrected chi connectivity index (χ3v) is 7.75. The van der Waals surface area contributed by atoms with E-state index in [1.807, 2.05) is 19.9 Å². The Bertz CT molecular complexity index is 810. The predicted molar refractivity (Wildman–Crippen MR) is 106 cm³/mol. The second kappa shape index (κ2) is 6.99. The Hall–Kier alpha value is -1.52. The topological polar surface area (TPSA) is 135 Å². The van der Waals surface area contributed by atoms with Gasteiger partial charge in [0.25, 0.3) is 0 Å². The van der Waals surface area contributed by atoms with Gasteiger partial charge in [-0.15, -0.1) is 0 Å². The third-order valence-electron chi connectivity index (χ3n) is 7.75. The first-order valence-corrected chi connectivity index (χ1v) is 10.7. The summed E-state index contributed by atoms with van der Waals surface area (Å²) in [5.41, 5.74) is -3.37. The zero-order valence-electron chi connectivity index (χ0n) is 18.6. The number of carbonyl (C=O) groups is 2. The van der Waals surface area contributed by atoms with Crippen LogP contribution in [0.4, 0.5) is 0 Å². The number of rotatable bonds is 5. The van der Waals surface area contributed by atoms with Crippen molar-refractivity contribution < 1.29 is 43.9 Å². The number of aliphatic hydroxyl groups is 3. The molecule has 1 spiro atoms. The van der Waals surface area contributed by atoms with Crippen LogP contribution in [0.15, 0.2) is 11.6 Å². The quantitative estimate of drug-likeness (QED) is 0.312. The zero-order valence-corrected chi connectivity index (χ0v) is 18.6. The Balaban J connectivity index is 1.73. The molecule has 4 rings (SSSR count). The van der Waals surface area contributed by atoms with Gasteiger partial charge in [0.1, 0.15) is 30.5 Å². The Morgan fingerprint density at radius 2 is 1.97 bits per heavy atom. The number of esters is 2. The van der Waals surface area contributed by atoms with Crippen LogP contribution in [0.3, 0.4) is 0 Å². The van der Waals surface area contributed by atoms with Crippen molar-refractivity contribution in [1.29, 1.82) is 0 Å². The van der Waals surface area contributed by atoms with E-state index < -0.39 is 64.5 Å². The Morgan fingerprint density at radius 3 is 2.52 bits per heavy atom. The van der Waals surface area contributed by atoms with E-state index in [0.717, 1.165) is 5.57 Å². The zero-order chi connectivity index (χ0) is 23.0. The van der Waals surface area contributed by atoms with Crippen LogP contribution in [0.5, 0.6) is 0 Å². The lowest BCUT2D eigenvalue weighted by molar-refractivity contribution is -0.239. The standard InChI is InChI=1S/C22H32O9/c1-11-6-14-21(9-28-12(2)23,7-13(11)30-15(24)8-19(3,4)27)20(5)17(26)16(25)18(31-14)22(20)10-29-22/h6,13-14,16-18,25-27H,7-10H2,1-5H3/t13-,14+,16+,17+,18+,20+,21+,22?/m0/s1. The van der Waals surface area contributed by atoms with Crippen molar-refractivity contribution >= 4 is 11.9 Å². The summed E-state index contributed by atoms with van der Waals surface area (Å²) < 4.78 is 23.2. The van der Waals surface area contributed by atoms with Gasteiger partial charge in [0, 0.05) is 24.2 Å². The summed E-state index contributed by atoms with van der Waals surface area (Å²) in [5.74, 6) is -1.05. The van der Waals surface area contributed by atoms with Crippen molar-refractivity contribution in [3.8, 4) is 0 Å². The molecule has 4 aliphatic rings. The van der Waals surface area contributed by atoms with Crippen LogP contribution in [-0.4, -0.2) is 82.2 Å². The minimum absolute atomic E-state index is 0.0889. The third kappa shape index (κ3) is 3.16. The molecule has 174 valence electrons. The fraction of sp³-hybridized carbons (Fsp3) is 0.818. The van der Waals surface area contributed by atoms with Crippen LogP contribution in [0.1, 0.15) is 47.5 Å². The molecule has 31 heavy (non-hydrogen) atoms. The summed E-state index contributed by atoms with van der Waals surface area (Å²) in [7, 11) is 0. The van der Waals surface area contributed by atoms with E-state index in [9.17, 15) is 24.9 Å². The average Bonchev–Trinajstić information content (AvgIpc) is 3.42. The van der Waals surface area contributed by atoms with Gasteiger partial charge in [0.05, 0.1) is 30.8 Å². The summed E-state index contributed by atoms with van der Waals surface area (Å²) in [6.45, 7) is 8.21. The summed E-state index contributed by atoms with van der Waals surface area (Å²) in [4.78, 5) is 24.2. The fourth-order valence-corrected chi connectivity index (χ4v) is 5.94. The highest BCUT2D eigenvalue weighted by Crippen LogP contribution is 2.71. The first kappa shape index (κ1) is 22.7. The Morgan fingerprint density at radius 1 is 1.32 bits per heavy atom. The number of hydrogen-bond donors (Lipinski definition) is 3. The number of epoxide rings is 1. The van der Waals surface area contributed by atoms with Crippen LogP contribution in [0.25, 0.3) is 0 Å². The van der Waals surface area contributed by atoms with Gasteiger partial charge in [-0.05, 0) is 26.3 Å². The van der Waals surface area contributed by atoms with E-state index >= 15 is 0 Å². The van der Waals surface area contributed by atoms with Crippen molar-refractivity contribution in [3.63, 3.8) is 0 Å². The molecule has 0 aromatic rings. The summed E-state index contributed by atoms with van der Waals surface area (Å²) in [5, 5.41) is 31.9. The minimum atomic E-state index is -1.22. The van der Waals surface area contributed by atoms with Crippen molar-refractivity contribution in [2.45, 2.75) is 89.2 Å². The molecule has 3 N–H and O–H groups in total. The lowest BCUT2D eigenvalue weighted by atomic mass is 9.51. The molecule has 2 aliphatic carbocycles. The maximum absolute atomic E-state index is 12.5. The molecule has 0 amide bonds. The minimum Gasteiger partial charge on any atom is -0.465 e. The summed E-state index contributed by atoms with van der Waals surface area (Å²) in [6.07, 6.45) is -2.43. The molecule has 1 unspecified atom stereocenters. The largest absolute Gasteiger partial charge is 0.465 e. The molecular formula is C22H32O9. The molecule has 8 atom stereocenters. The van der Waals surface area contributed by atoms with Crippen LogP contribution in [0.2, 0.25) is 0 Å². The Labute approximate surface area is 181 Å². The van der Waals surface area contributed by atoms with Gasteiger partial charge in [-0.3, -0.25) is 9.59 Å². The van der Waals surface area contributed by atoms with E-state index in [1.54, 1.807) is 0 Å². The second-order valence-corrected chi connectivity index (χ2v) is 10.3. The molecule has 0 aromatic heterocycles. The van der Waals surface area contributed by atoms with Gasteiger partial charge in [-0.1, -0.05) is 13.0 Å². The SMILES string of the molecule is CC(=O)OC[C@]12C[C@H](OC(=O)CC(C)(C)O)C(C)=C[C@H]1O[C@@H]1[C@H](O)[C@@H](O)[C@@]2(C)C12CO2. The smallest absolute Gasteiger partial charge is 0.309 e. The highest BCUT2D eigenvalue weighted by Gasteiger charge is 2.85. The fourth-order valence-electron chi connectivity index (χ4n) is 5.94. The van der Waals surface area contributed by atoms with E-state index in [-0.39, 0.29) is 19.4 Å². The van der Waals surface area contributed by atoms with Crippen molar-refractivity contribution in [3.05, 3.63) is 11.6 Å². The molecule has 0 radical (unpaired) electrons. The molecular weight excluding hydrogens is 408 g/mol. The molecule has 9 heteroatoms. The van der Waals surface area contributed by atoms with Crippen LogP contribution >= 0.6 is 0 Å². The van der Waals surface area contributed by atoms with E-state index in [1.165, 1.54) is 20.8 Å². The number of ether oxygens (including phenoxy) is 4. The first-order chi connectivity index (χ1) is 14.3. The second-order valence-electron chi connectivity index (χ2n) is 10.3. The predicted octanol–water partition coefficient (Wildman–Crippen LogP) is 0.237. The van der Waals surface area contributed by atoms with Crippen LogP contribution in [0, 0.1) is 10.8 Å². The van der Waals surface area contributed by atoms with E-state index in [0.29, 0.717) is 6.61 Å². The normalized spacial score (nSPS) is 45.7. The Kier molecular flexibility index (Phi) is 5.11. The molecule has 2 saturated heterocycles. The molecule has 2 bridgehead atoms. The van der Waals surface area contributed by atoms with Gasteiger partial charge in [0.15, 0.2) is 0 Å². The van der Waals surface area contributed by atoms with Crippen LogP contribution in [-0.2, 0) is 28.5 Å². The van der Waals surface area contributed by atoms with E-state index in [2.05, 4.69) is 0 Å². The number of aliphatic hydroxyl groups excluding tert-OH is 2. The lowest BCUT2D eigenvalue weighted by Gasteiger charge is -2.58. The van der Waals surface area contributed by atoms with Gasteiger partial charge in [0.2, 0.25) is 0 Å². The number of fused-ring (bicyclic) bond motifs is 2. The highest BCUT2D eigenvalue weighted by atomic mass is 16.6. The maximum atomic E-state index is 12.5. The number of carbonyl (C=O) groups excluding carboxylic acids is 2. The average molecular weight is 440 g/mol. The number of hydrogen-bond acceptors (Lipinski definition) is 9. The van der Waals surface area contributed by atoms with Gasteiger partial charge in [-0.2, -0.15) is 0 Å². The van der Waals surface area contributed by atoms with Crippen molar-refractivity contribution in [2.24, 2.45) is 10.8 Å². The van der Waals surface area contributed by atoms with Crippen molar-refractivity contribution in [1.82, 2.24) is 0 Å². The molecule has 1 saturated carbocycles. The molecule has 2 aliphatic heterocycles. The van der Waals surface area contributed by atoms with Crippen molar-refractivity contribution in [2.75, 3.05) is 13.2 Å². The molecule has 0 aromatic carbocycles. The maximum Gasteiger partial charge on any atom is 0.309 e. The van der Waals surface area contributed by atoms with Gasteiger partial charge >= 0.3 is 11.9 Å². The van der Waals surface area contributed by atoms with Gasteiger partial charge in [-0.25, -0.2) is 0 Å². The first-order valence-electron chi connectivity index (χ1n) is 10.7.